The van der Waals surface area contributed by atoms with Crippen molar-refractivity contribution in [2.24, 2.45) is 0 Å². The topological polar surface area (TPSA) is 69.4 Å². The van der Waals surface area contributed by atoms with Crippen molar-refractivity contribution >= 4 is 39.7 Å². The van der Waals surface area contributed by atoms with Crippen LogP contribution in [0.2, 0.25) is 0 Å². The minimum absolute atomic E-state index is 0.666. The molecular weight excluding hydrogens is 380 g/mol. The van der Waals surface area contributed by atoms with Gasteiger partial charge >= 0.3 is 0 Å². The number of thioether (sulfide) groups is 1. The van der Waals surface area contributed by atoms with Gasteiger partial charge < -0.3 is 8.83 Å². The van der Waals surface area contributed by atoms with E-state index in [1.54, 1.807) is 23.1 Å². The molecule has 0 aliphatic rings. The van der Waals surface area contributed by atoms with Gasteiger partial charge in [-0.25, -0.2) is 4.98 Å². The average Bonchev–Trinajstić information content (AvgIpc) is 3.38. The molecule has 0 atom stereocenters. The van der Waals surface area contributed by atoms with E-state index in [9.17, 15) is 0 Å². The largest absolute Gasteiger partial charge is 0.460 e. The SMILES string of the molecule is Cc1cc2c(cc3c(SCc4nc(-c5cccs5)oc4C)nnc(C)n32)o1. The van der Waals surface area contributed by atoms with Crippen molar-refractivity contribution in [2.75, 3.05) is 0 Å². The van der Waals surface area contributed by atoms with Crippen molar-refractivity contribution in [3.05, 3.63) is 52.7 Å². The zero-order chi connectivity index (χ0) is 18.5. The third-order valence-corrected chi connectivity index (χ3v) is 6.25. The van der Waals surface area contributed by atoms with Gasteiger partial charge in [0.05, 0.1) is 21.6 Å². The van der Waals surface area contributed by atoms with E-state index < -0.39 is 0 Å². The zero-order valence-electron chi connectivity index (χ0n) is 15.0. The fourth-order valence-electron chi connectivity index (χ4n) is 3.14. The predicted octanol–water partition coefficient (Wildman–Crippen LogP) is 5.41. The molecular formula is C19H16N4O2S2. The van der Waals surface area contributed by atoms with Gasteiger partial charge in [-0.3, -0.25) is 4.40 Å². The fraction of sp³-hybridized carbons (Fsp3) is 0.211. The van der Waals surface area contributed by atoms with E-state index in [0.717, 1.165) is 49.6 Å². The molecule has 27 heavy (non-hydrogen) atoms. The van der Waals surface area contributed by atoms with E-state index in [-0.39, 0.29) is 0 Å². The minimum atomic E-state index is 0.666. The van der Waals surface area contributed by atoms with Gasteiger partial charge in [-0.15, -0.1) is 21.5 Å². The number of hydrogen-bond acceptors (Lipinski definition) is 7. The molecule has 0 spiro atoms. The molecule has 0 radical (unpaired) electrons. The number of rotatable bonds is 4. The van der Waals surface area contributed by atoms with Crippen molar-refractivity contribution in [3.63, 3.8) is 0 Å². The Bertz CT molecular complexity index is 1260. The van der Waals surface area contributed by atoms with Crippen LogP contribution in [0.1, 0.15) is 23.0 Å². The minimum Gasteiger partial charge on any atom is -0.460 e. The van der Waals surface area contributed by atoms with Gasteiger partial charge in [0.25, 0.3) is 0 Å². The van der Waals surface area contributed by atoms with E-state index in [1.165, 1.54) is 0 Å². The molecule has 136 valence electrons. The van der Waals surface area contributed by atoms with Crippen LogP contribution in [0.25, 0.3) is 27.4 Å². The summed E-state index contributed by atoms with van der Waals surface area (Å²) in [5, 5.41) is 11.6. The summed E-state index contributed by atoms with van der Waals surface area (Å²) in [6, 6.07) is 8.07. The lowest BCUT2D eigenvalue weighted by Gasteiger charge is -2.04. The monoisotopic (exact) mass is 396 g/mol. The molecule has 5 aromatic rings. The number of aryl methyl sites for hydroxylation is 3. The summed E-state index contributed by atoms with van der Waals surface area (Å²) in [6.45, 7) is 5.85. The maximum Gasteiger partial charge on any atom is 0.236 e. The highest BCUT2D eigenvalue weighted by atomic mass is 32.2. The van der Waals surface area contributed by atoms with Crippen LogP contribution in [-0.4, -0.2) is 19.6 Å². The molecule has 5 heterocycles. The number of nitrogens with zero attached hydrogens (tertiary/aromatic N) is 4. The summed E-state index contributed by atoms with van der Waals surface area (Å²) in [7, 11) is 0. The number of fused-ring (bicyclic) bond motifs is 3. The van der Waals surface area contributed by atoms with Crippen LogP contribution in [-0.2, 0) is 5.75 Å². The Hall–Kier alpha value is -2.58. The lowest BCUT2D eigenvalue weighted by molar-refractivity contribution is 0.542. The summed E-state index contributed by atoms with van der Waals surface area (Å²) in [6.07, 6.45) is 0. The second-order valence-corrected chi connectivity index (χ2v) is 8.22. The molecule has 6 nitrogen and oxygen atoms in total. The van der Waals surface area contributed by atoms with Crippen LogP contribution in [0, 0.1) is 20.8 Å². The van der Waals surface area contributed by atoms with Gasteiger partial charge in [0, 0.05) is 17.9 Å². The fourth-order valence-corrected chi connectivity index (χ4v) is 4.73. The van der Waals surface area contributed by atoms with Crippen LogP contribution in [0.4, 0.5) is 0 Å². The second-order valence-electron chi connectivity index (χ2n) is 6.31. The van der Waals surface area contributed by atoms with Gasteiger partial charge in [0.2, 0.25) is 5.89 Å². The lowest BCUT2D eigenvalue weighted by Crippen LogP contribution is -2.00. The van der Waals surface area contributed by atoms with Crippen molar-refractivity contribution < 1.29 is 8.83 Å². The Labute approximate surface area is 163 Å². The van der Waals surface area contributed by atoms with Crippen LogP contribution in [0.15, 0.2) is 43.5 Å². The normalized spacial score (nSPS) is 11.8. The lowest BCUT2D eigenvalue weighted by atomic mass is 10.4. The highest BCUT2D eigenvalue weighted by Crippen LogP contribution is 2.33. The summed E-state index contributed by atoms with van der Waals surface area (Å²) < 4.78 is 13.7. The number of oxazole rings is 1. The zero-order valence-corrected chi connectivity index (χ0v) is 16.6. The smallest absolute Gasteiger partial charge is 0.236 e. The molecule has 5 aromatic heterocycles. The number of thiophene rings is 1. The van der Waals surface area contributed by atoms with Crippen LogP contribution >= 0.6 is 23.1 Å². The molecule has 0 aliphatic heterocycles. The first kappa shape index (κ1) is 16.6. The number of furan rings is 1. The summed E-state index contributed by atoms with van der Waals surface area (Å²) in [5.74, 6) is 3.90. The van der Waals surface area contributed by atoms with E-state index in [1.807, 2.05) is 50.4 Å². The van der Waals surface area contributed by atoms with E-state index in [0.29, 0.717) is 11.6 Å². The van der Waals surface area contributed by atoms with Crippen molar-refractivity contribution in [3.8, 4) is 10.8 Å². The Morgan fingerprint density at radius 3 is 2.81 bits per heavy atom. The molecule has 8 heteroatoms. The third-order valence-electron chi connectivity index (χ3n) is 4.41. The van der Waals surface area contributed by atoms with Gasteiger partial charge in [-0.05, 0) is 32.2 Å². The first-order chi connectivity index (χ1) is 13.1. The van der Waals surface area contributed by atoms with Crippen LogP contribution in [0.3, 0.4) is 0 Å². The van der Waals surface area contributed by atoms with Gasteiger partial charge in [-0.1, -0.05) is 17.8 Å². The molecule has 0 aromatic carbocycles. The molecule has 0 saturated heterocycles. The molecule has 0 amide bonds. The molecule has 5 rings (SSSR count). The predicted molar refractivity (Wildman–Crippen MR) is 106 cm³/mol. The van der Waals surface area contributed by atoms with E-state index in [4.69, 9.17) is 8.83 Å². The molecule has 0 bridgehead atoms. The van der Waals surface area contributed by atoms with Crippen LogP contribution in [0.5, 0.6) is 0 Å². The Kier molecular flexibility index (Phi) is 3.84. The Morgan fingerprint density at radius 2 is 2.00 bits per heavy atom. The maximum absolute atomic E-state index is 5.83. The average molecular weight is 396 g/mol. The molecule has 0 fully saturated rings. The van der Waals surface area contributed by atoms with Gasteiger partial charge in [-0.2, -0.15) is 0 Å². The standard InChI is InChI=1S/C19H16N4O2S2/c1-10-7-14-16(24-10)8-15-19(22-21-12(3)23(14)15)27-9-13-11(2)25-18(20-13)17-5-4-6-26-17/h4-8H,9H2,1-3H3. The van der Waals surface area contributed by atoms with Gasteiger partial charge in [0.1, 0.15) is 22.4 Å². The highest BCUT2D eigenvalue weighted by Gasteiger charge is 2.17. The highest BCUT2D eigenvalue weighted by molar-refractivity contribution is 7.98. The van der Waals surface area contributed by atoms with E-state index in [2.05, 4.69) is 19.6 Å². The Morgan fingerprint density at radius 1 is 1.11 bits per heavy atom. The third kappa shape index (κ3) is 2.76. The van der Waals surface area contributed by atoms with Crippen LogP contribution < -0.4 is 0 Å². The summed E-state index contributed by atoms with van der Waals surface area (Å²) in [4.78, 5) is 5.69. The number of hydrogen-bond donors (Lipinski definition) is 0. The van der Waals surface area contributed by atoms with Crippen molar-refractivity contribution in [2.45, 2.75) is 31.6 Å². The summed E-state index contributed by atoms with van der Waals surface area (Å²) >= 11 is 3.23. The molecule has 0 N–H and O–H groups in total. The second kappa shape index (κ2) is 6.24. The summed E-state index contributed by atoms with van der Waals surface area (Å²) in [5.41, 5.74) is 3.80. The Balaban J connectivity index is 1.49. The molecule has 0 unspecified atom stereocenters. The quantitative estimate of drug-likeness (QED) is 0.378. The maximum atomic E-state index is 5.83. The van der Waals surface area contributed by atoms with E-state index >= 15 is 0 Å². The van der Waals surface area contributed by atoms with Crippen molar-refractivity contribution in [1.82, 2.24) is 19.6 Å². The van der Waals surface area contributed by atoms with Crippen molar-refractivity contribution in [1.29, 1.82) is 0 Å². The molecule has 0 aliphatic carbocycles. The first-order valence-electron chi connectivity index (χ1n) is 8.48. The molecule has 0 saturated carbocycles. The number of aromatic nitrogens is 4. The first-order valence-corrected chi connectivity index (χ1v) is 10.3. The van der Waals surface area contributed by atoms with Gasteiger partial charge in [0.15, 0.2) is 5.58 Å².